The Bertz CT molecular complexity index is 260. The molecule has 1 aromatic rings. The van der Waals surface area contributed by atoms with Crippen LogP contribution in [0.3, 0.4) is 0 Å². The minimum absolute atomic E-state index is 0.182. The van der Waals surface area contributed by atoms with Crippen LogP contribution in [0, 0.1) is 0 Å². The lowest BCUT2D eigenvalue weighted by molar-refractivity contribution is 0.408. The average molecular weight is 195 g/mol. The Labute approximate surface area is 85.5 Å². The van der Waals surface area contributed by atoms with Crippen LogP contribution in [-0.4, -0.2) is 7.11 Å². The molecule has 0 aromatic heterocycles. The van der Waals surface area contributed by atoms with E-state index in [0.29, 0.717) is 0 Å². The minimum atomic E-state index is 0.182. The van der Waals surface area contributed by atoms with Gasteiger partial charge in [0.25, 0.3) is 0 Å². The fourth-order valence-corrected chi connectivity index (χ4v) is 1.78. The first-order valence-corrected chi connectivity index (χ1v) is 5.05. The third-order valence-corrected chi connectivity index (χ3v) is 2.53. The minimum Gasteiger partial charge on any atom is -0.496 e. The molecule has 0 aliphatic carbocycles. The molecular formula is C11H15OS. The molecule has 71 valence electrons. The van der Waals surface area contributed by atoms with Gasteiger partial charge in [0.1, 0.15) is 5.75 Å². The highest BCUT2D eigenvalue weighted by Gasteiger charge is 2.10. The van der Waals surface area contributed by atoms with Crippen molar-refractivity contribution in [1.29, 1.82) is 0 Å². The SMILES string of the molecule is CCCC([S])c1ccccc1OC. The zero-order valence-corrected chi connectivity index (χ0v) is 8.93. The van der Waals surface area contributed by atoms with Crippen LogP contribution in [0.2, 0.25) is 0 Å². The predicted molar refractivity (Wildman–Crippen MR) is 58.2 cm³/mol. The van der Waals surface area contributed by atoms with Crippen LogP contribution < -0.4 is 4.74 Å². The van der Waals surface area contributed by atoms with Crippen molar-refractivity contribution in [2.24, 2.45) is 0 Å². The topological polar surface area (TPSA) is 9.23 Å². The molecule has 1 atom stereocenters. The van der Waals surface area contributed by atoms with Gasteiger partial charge in [-0.1, -0.05) is 44.2 Å². The maximum Gasteiger partial charge on any atom is 0.123 e. The number of methoxy groups -OCH3 is 1. The number of hydrogen-bond donors (Lipinski definition) is 0. The second-order valence-electron chi connectivity index (χ2n) is 3.02. The van der Waals surface area contributed by atoms with Crippen LogP contribution >= 0.6 is 12.6 Å². The van der Waals surface area contributed by atoms with Crippen LogP contribution in [0.4, 0.5) is 0 Å². The number of benzene rings is 1. The molecule has 1 unspecified atom stereocenters. The van der Waals surface area contributed by atoms with Crippen LogP contribution in [0.5, 0.6) is 5.75 Å². The summed E-state index contributed by atoms with van der Waals surface area (Å²) in [6.45, 7) is 2.15. The van der Waals surface area contributed by atoms with E-state index in [2.05, 4.69) is 6.92 Å². The molecule has 0 bridgehead atoms. The monoisotopic (exact) mass is 195 g/mol. The Morgan fingerprint density at radius 2 is 2.08 bits per heavy atom. The molecule has 13 heavy (non-hydrogen) atoms. The van der Waals surface area contributed by atoms with Gasteiger partial charge in [-0.2, -0.15) is 0 Å². The van der Waals surface area contributed by atoms with Crippen molar-refractivity contribution in [3.05, 3.63) is 29.8 Å². The molecule has 0 fully saturated rings. The van der Waals surface area contributed by atoms with E-state index in [0.717, 1.165) is 24.2 Å². The first-order chi connectivity index (χ1) is 6.29. The highest BCUT2D eigenvalue weighted by atomic mass is 32.1. The molecule has 0 N–H and O–H groups in total. The van der Waals surface area contributed by atoms with Crippen molar-refractivity contribution in [1.82, 2.24) is 0 Å². The van der Waals surface area contributed by atoms with Crippen molar-refractivity contribution in [3.8, 4) is 5.75 Å². The molecule has 1 rings (SSSR count). The van der Waals surface area contributed by atoms with Crippen LogP contribution in [0.15, 0.2) is 24.3 Å². The summed E-state index contributed by atoms with van der Waals surface area (Å²) < 4.78 is 5.25. The highest BCUT2D eigenvalue weighted by Crippen LogP contribution is 2.31. The van der Waals surface area contributed by atoms with Crippen LogP contribution in [0.1, 0.15) is 30.6 Å². The molecule has 0 heterocycles. The standard InChI is InChI=1S/C11H15OS/c1-3-6-11(13)9-7-4-5-8-10(9)12-2/h4-5,7-8,11H,3,6H2,1-2H3. The Morgan fingerprint density at radius 3 is 2.69 bits per heavy atom. The quantitative estimate of drug-likeness (QED) is 0.711. The first-order valence-electron chi connectivity index (χ1n) is 4.58. The Morgan fingerprint density at radius 1 is 1.38 bits per heavy atom. The Balaban J connectivity index is 2.85. The average Bonchev–Trinajstić information content (AvgIpc) is 2.18. The lowest BCUT2D eigenvalue weighted by Gasteiger charge is -2.12. The molecule has 0 saturated heterocycles. The van der Waals surface area contributed by atoms with Gasteiger partial charge in [0.15, 0.2) is 0 Å². The van der Waals surface area contributed by atoms with Gasteiger partial charge in [-0.25, -0.2) is 0 Å². The summed E-state index contributed by atoms with van der Waals surface area (Å²) in [5, 5.41) is 0.182. The third kappa shape index (κ3) is 2.66. The van der Waals surface area contributed by atoms with Gasteiger partial charge in [-0.15, -0.1) is 0 Å². The second kappa shape index (κ2) is 5.18. The Hall–Kier alpha value is -0.630. The summed E-state index contributed by atoms with van der Waals surface area (Å²) in [5.41, 5.74) is 1.14. The van der Waals surface area contributed by atoms with Crippen molar-refractivity contribution in [2.75, 3.05) is 7.11 Å². The smallest absolute Gasteiger partial charge is 0.123 e. The Kier molecular flexibility index (Phi) is 4.16. The molecule has 1 nitrogen and oxygen atoms in total. The van der Waals surface area contributed by atoms with Gasteiger partial charge >= 0.3 is 0 Å². The lowest BCUT2D eigenvalue weighted by atomic mass is 10.1. The molecule has 0 spiro atoms. The maximum atomic E-state index is 5.38. The number of hydrogen-bond acceptors (Lipinski definition) is 1. The highest BCUT2D eigenvalue weighted by molar-refractivity contribution is 7.80. The van der Waals surface area contributed by atoms with E-state index in [9.17, 15) is 0 Å². The molecule has 0 amide bonds. The van der Waals surface area contributed by atoms with E-state index in [1.54, 1.807) is 7.11 Å². The first kappa shape index (κ1) is 10.5. The van der Waals surface area contributed by atoms with Crippen LogP contribution in [-0.2, 0) is 0 Å². The zero-order chi connectivity index (χ0) is 9.68. The van der Waals surface area contributed by atoms with E-state index in [1.807, 2.05) is 24.3 Å². The largest absolute Gasteiger partial charge is 0.496 e. The fourth-order valence-electron chi connectivity index (χ4n) is 1.35. The van der Waals surface area contributed by atoms with Crippen LogP contribution in [0.25, 0.3) is 0 Å². The van der Waals surface area contributed by atoms with Crippen molar-refractivity contribution in [3.63, 3.8) is 0 Å². The van der Waals surface area contributed by atoms with Crippen molar-refractivity contribution >= 4 is 12.6 Å². The fraction of sp³-hybridized carbons (Fsp3) is 0.455. The third-order valence-electron chi connectivity index (χ3n) is 2.04. The number of ether oxygens (including phenoxy) is 1. The van der Waals surface area contributed by atoms with Gasteiger partial charge in [-0.3, -0.25) is 0 Å². The van der Waals surface area contributed by atoms with Crippen molar-refractivity contribution < 1.29 is 4.74 Å². The zero-order valence-electron chi connectivity index (χ0n) is 8.12. The number of rotatable bonds is 4. The maximum absolute atomic E-state index is 5.38. The van der Waals surface area contributed by atoms with Gasteiger partial charge in [0.2, 0.25) is 0 Å². The van der Waals surface area contributed by atoms with Gasteiger partial charge < -0.3 is 4.74 Å². The normalized spacial score (nSPS) is 12.5. The van der Waals surface area contributed by atoms with E-state index >= 15 is 0 Å². The summed E-state index contributed by atoms with van der Waals surface area (Å²) >= 11 is 5.38. The summed E-state index contributed by atoms with van der Waals surface area (Å²) in [4.78, 5) is 0. The molecule has 1 aromatic carbocycles. The van der Waals surface area contributed by atoms with Gasteiger partial charge in [0, 0.05) is 10.8 Å². The van der Waals surface area contributed by atoms with Crippen molar-refractivity contribution in [2.45, 2.75) is 25.0 Å². The number of para-hydroxylation sites is 1. The van der Waals surface area contributed by atoms with E-state index in [4.69, 9.17) is 17.4 Å². The molecule has 0 aliphatic rings. The van der Waals surface area contributed by atoms with Gasteiger partial charge in [-0.05, 0) is 12.5 Å². The summed E-state index contributed by atoms with van der Waals surface area (Å²) in [7, 11) is 1.69. The summed E-state index contributed by atoms with van der Waals surface area (Å²) in [6.07, 6.45) is 2.15. The molecule has 0 aliphatic heterocycles. The lowest BCUT2D eigenvalue weighted by Crippen LogP contribution is -1.94. The van der Waals surface area contributed by atoms with E-state index < -0.39 is 0 Å². The predicted octanol–water partition coefficient (Wildman–Crippen LogP) is 3.73. The molecular weight excluding hydrogens is 180 g/mol. The van der Waals surface area contributed by atoms with E-state index in [1.165, 1.54) is 0 Å². The second-order valence-corrected chi connectivity index (χ2v) is 3.59. The van der Waals surface area contributed by atoms with E-state index in [-0.39, 0.29) is 5.25 Å². The molecule has 2 heteroatoms. The molecule has 1 radical (unpaired) electrons. The summed E-state index contributed by atoms with van der Waals surface area (Å²) in [5.74, 6) is 0.913. The molecule has 0 saturated carbocycles. The van der Waals surface area contributed by atoms with Gasteiger partial charge in [0.05, 0.1) is 7.11 Å². The summed E-state index contributed by atoms with van der Waals surface area (Å²) in [6, 6.07) is 7.99.